The number of piperazine rings is 1. The van der Waals surface area contributed by atoms with Crippen LogP contribution in [-0.2, 0) is 4.79 Å². The number of benzene rings is 1. The highest BCUT2D eigenvalue weighted by Crippen LogP contribution is 2.30. The van der Waals surface area contributed by atoms with E-state index in [0.29, 0.717) is 11.6 Å². The van der Waals surface area contributed by atoms with Gasteiger partial charge in [-0.05, 0) is 31.5 Å². The summed E-state index contributed by atoms with van der Waals surface area (Å²) in [6.07, 6.45) is 0. The van der Waals surface area contributed by atoms with Gasteiger partial charge in [-0.15, -0.1) is 0 Å². The Morgan fingerprint density at radius 2 is 2.28 bits per heavy atom. The van der Waals surface area contributed by atoms with E-state index in [1.165, 1.54) is 0 Å². The number of carbonyl (C=O) groups excluding carboxylic acids is 1. The fraction of sp³-hybridized carbons (Fsp3) is 0.462. The summed E-state index contributed by atoms with van der Waals surface area (Å²) in [7, 11) is 0. The second-order valence-electron chi connectivity index (χ2n) is 4.66. The first kappa shape index (κ1) is 13.2. The summed E-state index contributed by atoms with van der Waals surface area (Å²) in [5.41, 5.74) is 7.71. The number of carbonyl (C=O) groups is 1. The van der Waals surface area contributed by atoms with E-state index in [0.717, 1.165) is 17.8 Å². The first-order valence-corrected chi connectivity index (χ1v) is 6.48. The monoisotopic (exact) mass is 267 g/mol. The molecule has 2 atom stereocenters. The molecule has 1 aromatic carbocycles. The molecule has 18 heavy (non-hydrogen) atoms. The highest BCUT2D eigenvalue weighted by Gasteiger charge is 2.26. The summed E-state index contributed by atoms with van der Waals surface area (Å²) in [5.74, 6) is 0.0357. The van der Waals surface area contributed by atoms with Crippen molar-refractivity contribution in [2.75, 3.05) is 18.0 Å². The molecular weight excluding hydrogens is 250 g/mol. The number of halogens is 1. The van der Waals surface area contributed by atoms with E-state index in [-0.39, 0.29) is 18.0 Å². The van der Waals surface area contributed by atoms with Gasteiger partial charge in [0.05, 0.1) is 10.7 Å². The Balaban J connectivity index is 2.30. The van der Waals surface area contributed by atoms with Crippen LogP contribution in [0.4, 0.5) is 5.69 Å². The van der Waals surface area contributed by atoms with Crippen molar-refractivity contribution >= 4 is 23.2 Å². The average molecular weight is 268 g/mol. The summed E-state index contributed by atoms with van der Waals surface area (Å²) in [6, 6.07) is 5.54. The van der Waals surface area contributed by atoms with Crippen LogP contribution in [0.1, 0.15) is 25.5 Å². The van der Waals surface area contributed by atoms with E-state index in [1.807, 2.05) is 36.9 Å². The van der Waals surface area contributed by atoms with Crippen molar-refractivity contribution in [2.24, 2.45) is 5.73 Å². The lowest BCUT2D eigenvalue weighted by Crippen LogP contribution is -2.54. The molecule has 0 aromatic heterocycles. The Morgan fingerprint density at radius 3 is 2.89 bits per heavy atom. The zero-order valence-electron chi connectivity index (χ0n) is 10.6. The first-order chi connectivity index (χ1) is 8.50. The van der Waals surface area contributed by atoms with E-state index in [1.54, 1.807) is 0 Å². The lowest BCUT2D eigenvalue weighted by Gasteiger charge is -2.35. The number of rotatable bonds is 2. The standard InChI is InChI=1S/C13H18ClN3O/c1-8(15)10-3-4-12(11(14)7-10)17-6-5-16-13(18)9(17)2/h3-4,7-9H,5-6,15H2,1-2H3,(H,16,18)/t8-,9?/m1/s1. The van der Waals surface area contributed by atoms with Crippen LogP contribution in [0.3, 0.4) is 0 Å². The number of nitrogens with two attached hydrogens (primary N) is 1. The van der Waals surface area contributed by atoms with Gasteiger partial charge in [-0.3, -0.25) is 4.79 Å². The Labute approximate surface area is 112 Å². The number of hydrogen-bond donors (Lipinski definition) is 2. The Hall–Kier alpha value is -1.26. The van der Waals surface area contributed by atoms with Crippen LogP contribution in [0.2, 0.25) is 5.02 Å². The van der Waals surface area contributed by atoms with Crippen LogP contribution in [0.15, 0.2) is 18.2 Å². The third-order valence-corrected chi connectivity index (χ3v) is 3.61. The van der Waals surface area contributed by atoms with Crippen molar-refractivity contribution in [1.29, 1.82) is 0 Å². The summed E-state index contributed by atoms with van der Waals surface area (Å²) in [5, 5.41) is 3.48. The van der Waals surface area contributed by atoms with Crippen molar-refractivity contribution in [3.63, 3.8) is 0 Å². The van der Waals surface area contributed by atoms with Gasteiger partial charge in [0.2, 0.25) is 5.91 Å². The van der Waals surface area contributed by atoms with E-state index in [9.17, 15) is 4.79 Å². The lowest BCUT2D eigenvalue weighted by atomic mass is 10.1. The Kier molecular flexibility index (Phi) is 3.78. The van der Waals surface area contributed by atoms with Gasteiger partial charge in [-0.2, -0.15) is 0 Å². The molecule has 1 aliphatic rings. The number of amides is 1. The molecule has 5 heteroatoms. The Morgan fingerprint density at radius 1 is 1.56 bits per heavy atom. The van der Waals surface area contributed by atoms with Crippen molar-refractivity contribution in [3.05, 3.63) is 28.8 Å². The number of anilines is 1. The predicted octanol–water partition coefficient (Wildman–Crippen LogP) is 1.68. The van der Waals surface area contributed by atoms with E-state index in [2.05, 4.69) is 5.32 Å². The van der Waals surface area contributed by atoms with Gasteiger partial charge < -0.3 is 16.0 Å². The first-order valence-electron chi connectivity index (χ1n) is 6.10. The molecule has 1 aliphatic heterocycles. The molecule has 0 bridgehead atoms. The summed E-state index contributed by atoms with van der Waals surface area (Å²) in [4.78, 5) is 13.7. The molecule has 0 saturated carbocycles. The van der Waals surface area contributed by atoms with Crippen molar-refractivity contribution < 1.29 is 4.79 Å². The second-order valence-corrected chi connectivity index (χ2v) is 5.07. The zero-order valence-corrected chi connectivity index (χ0v) is 11.4. The molecule has 0 aliphatic carbocycles. The average Bonchev–Trinajstić information content (AvgIpc) is 2.33. The van der Waals surface area contributed by atoms with Crippen molar-refractivity contribution in [3.8, 4) is 0 Å². The van der Waals surface area contributed by atoms with Gasteiger partial charge >= 0.3 is 0 Å². The van der Waals surface area contributed by atoms with Crippen molar-refractivity contribution in [2.45, 2.75) is 25.9 Å². The molecular formula is C13H18ClN3O. The third kappa shape index (κ3) is 2.44. The normalized spacial score (nSPS) is 21.7. The van der Waals surface area contributed by atoms with Crippen LogP contribution < -0.4 is 16.0 Å². The maximum absolute atomic E-state index is 11.6. The predicted molar refractivity (Wildman–Crippen MR) is 73.9 cm³/mol. The fourth-order valence-corrected chi connectivity index (χ4v) is 2.45. The largest absolute Gasteiger partial charge is 0.357 e. The van der Waals surface area contributed by atoms with Gasteiger partial charge in [-0.1, -0.05) is 17.7 Å². The number of nitrogens with zero attached hydrogens (tertiary/aromatic N) is 1. The molecule has 2 rings (SSSR count). The molecule has 98 valence electrons. The molecule has 1 fully saturated rings. The minimum absolute atomic E-state index is 0.0357. The molecule has 1 amide bonds. The minimum atomic E-state index is -0.197. The lowest BCUT2D eigenvalue weighted by molar-refractivity contribution is -0.122. The molecule has 1 aromatic rings. The highest BCUT2D eigenvalue weighted by atomic mass is 35.5. The molecule has 1 saturated heterocycles. The summed E-state index contributed by atoms with van der Waals surface area (Å²) in [6.45, 7) is 5.21. The van der Waals surface area contributed by atoms with Crippen LogP contribution in [0, 0.1) is 0 Å². The zero-order chi connectivity index (χ0) is 13.3. The van der Waals surface area contributed by atoms with E-state index < -0.39 is 0 Å². The molecule has 1 heterocycles. The van der Waals surface area contributed by atoms with Crippen molar-refractivity contribution in [1.82, 2.24) is 5.32 Å². The molecule has 3 N–H and O–H groups in total. The van der Waals surface area contributed by atoms with Crippen LogP contribution in [-0.4, -0.2) is 25.0 Å². The Bertz CT molecular complexity index is 462. The van der Waals surface area contributed by atoms with E-state index >= 15 is 0 Å². The SMILES string of the molecule is CC1C(=O)NCCN1c1ccc([C@@H](C)N)cc1Cl. The highest BCUT2D eigenvalue weighted by molar-refractivity contribution is 6.33. The fourth-order valence-electron chi connectivity index (χ4n) is 2.15. The van der Waals surface area contributed by atoms with Gasteiger partial charge in [-0.25, -0.2) is 0 Å². The van der Waals surface area contributed by atoms with Gasteiger partial charge in [0.25, 0.3) is 0 Å². The van der Waals surface area contributed by atoms with Crippen LogP contribution >= 0.6 is 11.6 Å². The maximum atomic E-state index is 11.6. The summed E-state index contributed by atoms with van der Waals surface area (Å²) >= 11 is 6.29. The van der Waals surface area contributed by atoms with Gasteiger partial charge in [0.15, 0.2) is 0 Å². The van der Waals surface area contributed by atoms with Crippen LogP contribution in [0.5, 0.6) is 0 Å². The molecule has 4 nitrogen and oxygen atoms in total. The van der Waals surface area contributed by atoms with Crippen LogP contribution in [0.25, 0.3) is 0 Å². The minimum Gasteiger partial charge on any atom is -0.357 e. The molecule has 0 radical (unpaired) electrons. The number of nitrogens with one attached hydrogen (secondary N) is 1. The quantitative estimate of drug-likeness (QED) is 0.857. The third-order valence-electron chi connectivity index (χ3n) is 3.31. The smallest absolute Gasteiger partial charge is 0.242 e. The maximum Gasteiger partial charge on any atom is 0.242 e. The molecule has 1 unspecified atom stereocenters. The topological polar surface area (TPSA) is 58.4 Å². The molecule has 0 spiro atoms. The second kappa shape index (κ2) is 5.16. The van der Waals surface area contributed by atoms with E-state index in [4.69, 9.17) is 17.3 Å². The van der Waals surface area contributed by atoms with Gasteiger partial charge in [0, 0.05) is 19.1 Å². The number of hydrogen-bond acceptors (Lipinski definition) is 3. The summed E-state index contributed by atoms with van der Waals surface area (Å²) < 4.78 is 0. The van der Waals surface area contributed by atoms with Gasteiger partial charge in [0.1, 0.15) is 6.04 Å².